The van der Waals surface area contributed by atoms with Gasteiger partial charge >= 0.3 is 0 Å². The van der Waals surface area contributed by atoms with Gasteiger partial charge in [0.05, 0.1) is 25.4 Å². The third-order valence-corrected chi connectivity index (χ3v) is 12.9. The van der Waals surface area contributed by atoms with E-state index in [2.05, 4.69) is 55.6 Å². The van der Waals surface area contributed by atoms with E-state index < -0.39 is 49.5 Å². The molecule has 7 unspecified atom stereocenters. The highest BCUT2D eigenvalue weighted by atomic mass is 16.7. The van der Waals surface area contributed by atoms with Crippen LogP contribution in [0.2, 0.25) is 0 Å². The zero-order valence-electron chi connectivity index (χ0n) is 42.0. The number of amides is 1. The maximum absolute atomic E-state index is 13.0. The molecule has 0 radical (unpaired) electrons. The van der Waals surface area contributed by atoms with Crippen molar-refractivity contribution in [3.8, 4) is 0 Å². The van der Waals surface area contributed by atoms with Crippen LogP contribution < -0.4 is 5.32 Å². The number of aliphatic hydroxyl groups is 5. The molecular weight excluding hydrogens is 815 g/mol. The van der Waals surface area contributed by atoms with E-state index in [1.165, 1.54) is 161 Å². The van der Waals surface area contributed by atoms with Crippen molar-refractivity contribution in [3.05, 3.63) is 48.6 Å². The second-order valence-corrected chi connectivity index (χ2v) is 19.0. The van der Waals surface area contributed by atoms with Crippen molar-refractivity contribution < 1.29 is 39.8 Å². The predicted octanol–water partition coefficient (Wildman–Crippen LogP) is 13.0. The molecule has 6 N–H and O–H groups in total. The molecule has 1 saturated heterocycles. The van der Waals surface area contributed by atoms with E-state index >= 15 is 0 Å². The molecule has 1 aliphatic heterocycles. The summed E-state index contributed by atoms with van der Waals surface area (Å²) in [6.45, 7) is 3.77. The lowest BCUT2D eigenvalue weighted by atomic mass is 9.99. The molecule has 1 amide bonds. The molecule has 0 aliphatic carbocycles. The Morgan fingerprint density at radius 1 is 0.523 bits per heavy atom. The minimum Gasteiger partial charge on any atom is -0.394 e. The van der Waals surface area contributed by atoms with E-state index in [-0.39, 0.29) is 12.5 Å². The average Bonchev–Trinajstić information content (AvgIpc) is 3.31. The van der Waals surface area contributed by atoms with Crippen LogP contribution in [0.1, 0.15) is 245 Å². The minimum atomic E-state index is -1.57. The zero-order valence-corrected chi connectivity index (χ0v) is 42.0. The highest BCUT2D eigenvalue weighted by Gasteiger charge is 2.44. The molecular formula is C56H103NO8. The van der Waals surface area contributed by atoms with Crippen molar-refractivity contribution >= 4 is 5.91 Å². The largest absolute Gasteiger partial charge is 0.394 e. The molecule has 0 bridgehead atoms. The summed E-state index contributed by atoms with van der Waals surface area (Å²) in [5.74, 6) is -0.188. The van der Waals surface area contributed by atoms with Gasteiger partial charge in [0.25, 0.3) is 0 Å². The Labute approximate surface area is 399 Å². The molecule has 0 aromatic heterocycles. The van der Waals surface area contributed by atoms with Crippen LogP contribution in [-0.2, 0) is 14.3 Å². The van der Waals surface area contributed by atoms with Crippen LogP contribution >= 0.6 is 0 Å². The molecule has 0 spiro atoms. The maximum atomic E-state index is 13.0. The van der Waals surface area contributed by atoms with Gasteiger partial charge in [-0.05, 0) is 57.8 Å². The van der Waals surface area contributed by atoms with Crippen molar-refractivity contribution in [2.24, 2.45) is 0 Å². The SMILES string of the molecule is CCCCCCC/C=C\C/C=C\C/C=C\CCCCCCCCC(=O)NC(COC1OC(CO)C(O)C(O)C1O)C(O)/C=C/CCCCCCCCCCCCCCCCCCCCC. The number of ether oxygens (including phenoxy) is 2. The molecule has 7 atom stereocenters. The molecule has 380 valence electrons. The normalized spacial score (nSPS) is 20.3. The second-order valence-electron chi connectivity index (χ2n) is 19.0. The van der Waals surface area contributed by atoms with Crippen LogP contribution in [0, 0.1) is 0 Å². The topological polar surface area (TPSA) is 149 Å². The molecule has 1 rings (SSSR count). The summed E-state index contributed by atoms with van der Waals surface area (Å²) in [6, 6.07) is -0.813. The van der Waals surface area contributed by atoms with Crippen molar-refractivity contribution in [1.82, 2.24) is 5.32 Å². The second kappa shape index (κ2) is 45.9. The Hall–Kier alpha value is -1.85. The number of nitrogens with one attached hydrogen (secondary N) is 1. The summed E-state index contributed by atoms with van der Waals surface area (Å²) >= 11 is 0. The summed E-state index contributed by atoms with van der Waals surface area (Å²) in [5, 5.41) is 54.4. The maximum Gasteiger partial charge on any atom is 0.220 e. The molecule has 1 aliphatic rings. The predicted molar refractivity (Wildman–Crippen MR) is 272 cm³/mol. The lowest BCUT2D eigenvalue weighted by Crippen LogP contribution is -2.60. The van der Waals surface area contributed by atoms with Crippen molar-refractivity contribution in [1.29, 1.82) is 0 Å². The quantitative estimate of drug-likeness (QED) is 0.0261. The first kappa shape index (κ1) is 61.2. The lowest BCUT2D eigenvalue weighted by Gasteiger charge is -2.40. The highest BCUT2D eigenvalue weighted by Crippen LogP contribution is 2.23. The number of allylic oxidation sites excluding steroid dienone is 7. The van der Waals surface area contributed by atoms with Gasteiger partial charge in [-0.3, -0.25) is 4.79 Å². The minimum absolute atomic E-state index is 0.188. The van der Waals surface area contributed by atoms with Crippen molar-refractivity contribution in [2.75, 3.05) is 13.2 Å². The van der Waals surface area contributed by atoms with Crippen LogP contribution in [0.15, 0.2) is 48.6 Å². The molecule has 9 heteroatoms. The monoisotopic (exact) mass is 918 g/mol. The van der Waals surface area contributed by atoms with Crippen LogP contribution in [0.4, 0.5) is 0 Å². The summed E-state index contributed by atoms with van der Waals surface area (Å²) in [4.78, 5) is 13.0. The standard InChI is InChI=1S/C56H103NO8/c1-3-5-7-9-11-13-15-17-19-21-23-25-27-29-31-33-35-37-39-41-43-45-50(59)49(48-64-56-55(63)54(62)53(61)51(47-58)65-56)57-52(60)46-44-42-40-38-36-34-32-30-28-26-24-22-20-18-16-14-12-10-8-6-4-2/h16,18,22,24,28,30,43,45,49-51,53-56,58-59,61-63H,3-15,17,19-21,23,25-27,29,31-42,44,46-48H2,1-2H3,(H,57,60)/b18-16-,24-22-,30-28-,45-43+. The lowest BCUT2D eigenvalue weighted by molar-refractivity contribution is -0.302. The highest BCUT2D eigenvalue weighted by molar-refractivity contribution is 5.76. The van der Waals surface area contributed by atoms with Crippen molar-refractivity contribution in [2.45, 2.75) is 288 Å². The Kier molecular flexibility index (Phi) is 43.2. The van der Waals surface area contributed by atoms with Crippen LogP contribution in [0.5, 0.6) is 0 Å². The zero-order chi connectivity index (χ0) is 47.3. The third-order valence-electron chi connectivity index (χ3n) is 12.9. The number of rotatable bonds is 46. The van der Waals surface area contributed by atoms with Gasteiger partial charge in [-0.2, -0.15) is 0 Å². The smallest absolute Gasteiger partial charge is 0.220 e. The third kappa shape index (κ3) is 35.9. The van der Waals surface area contributed by atoms with E-state index in [1.54, 1.807) is 6.08 Å². The molecule has 1 fully saturated rings. The van der Waals surface area contributed by atoms with E-state index in [1.807, 2.05) is 6.08 Å². The number of hydrogen-bond donors (Lipinski definition) is 6. The van der Waals surface area contributed by atoms with Gasteiger partial charge < -0.3 is 40.3 Å². The molecule has 65 heavy (non-hydrogen) atoms. The molecule has 0 saturated carbocycles. The first-order chi connectivity index (χ1) is 31.8. The van der Waals surface area contributed by atoms with Crippen molar-refractivity contribution in [3.63, 3.8) is 0 Å². The number of aliphatic hydroxyl groups excluding tert-OH is 5. The first-order valence-electron chi connectivity index (χ1n) is 27.4. The average molecular weight is 918 g/mol. The molecule has 1 heterocycles. The van der Waals surface area contributed by atoms with Gasteiger partial charge in [0.15, 0.2) is 6.29 Å². The van der Waals surface area contributed by atoms with E-state index in [4.69, 9.17) is 9.47 Å². The summed E-state index contributed by atoms with van der Waals surface area (Å²) in [7, 11) is 0. The first-order valence-corrected chi connectivity index (χ1v) is 27.4. The summed E-state index contributed by atoms with van der Waals surface area (Å²) < 4.78 is 11.3. The van der Waals surface area contributed by atoms with E-state index in [9.17, 15) is 30.3 Å². The Bertz CT molecular complexity index is 1160. The van der Waals surface area contributed by atoms with Gasteiger partial charge in [0, 0.05) is 6.42 Å². The van der Waals surface area contributed by atoms with E-state index in [0.717, 1.165) is 64.2 Å². The fraction of sp³-hybridized carbons (Fsp3) is 0.839. The van der Waals surface area contributed by atoms with Gasteiger partial charge in [0.1, 0.15) is 24.4 Å². The Morgan fingerprint density at radius 3 is 1.34 bits per heavy atom. The molecule has 0 aromatic rings. The van der Waals surface area contributed by atoms with Gasteiger partial charge in [-0.1, -0.05) is 229 Å². The van der Waals surface area contributed by atoms with Crippen LogP contribution in [-0.4, -0.2) is 87.5 Å². The van der Waals surface area contributed by atoms with Crippen LogP contribution in [0.3, 0.4) is 0 Å². The fourth-order valence-corrected chi connectivity index (χ4v) is 8.52. The molecule has 9 nitrogen and oxygen atoms in total. The van der Waals surface area contributed by atoms with Crippen LogP contribution in [0.25, 0.3) is 0 Å². The van der Waals surface area contributed by atoms with Gasteiger partial charge in [-0.15, -0.1) is 0 Å². The molecule has 0 aromatic carbocycles. The Morgan fingerprint density at radius 2 is 0.908 bits per heavy atom. The fourth-order valence-electron chi connectivity index (χ4n) is 8.52. The summed E-state index contributed by atoms with van der Waals surface area (Å²) in [6.07, 6.45) is 53.0. The number of hydrogen-bond acceptors (Lipinski definition) is 8. The van der Waals surface area contributed by atoms with Gasteiger partial charge in [-0.25, -0.2) is 0 Å². The Balaban J connectivity index is 2.29. The van der Waals surface area contributed by atoms with E-state index in [0.29, 0.717) is 6.42 Å². The number of unbranched alkanes of at least 4 members (excludes halogenated alkanes) is 30. The van der Waals surface area contributed by atoms with Gasteiger partial charge in [0.2, 0.25) is 5.91 Å². The number of carbonyl (C=O) groups is 1. The number of carbonyl (C=O) groups excluding carboxylic acids is 1. The summed E-state index contributed by atoms with van der Waals surface area (Å²) in [5.41, 5.74) is 0.